The van der Waals surface area contributed by atoms with Gasteiger partial charge in [0, 0.05) is 23.7 Å². The Morgan fingerprint density at radius 1 is 1.09 bits per heavy atom. The van der Waals surface area contributed by atoms with Crippen molar-refractivity contribution in [1.29, 1.82) is 0 Å². The number of H-pyrrole nitrogens is 1. The summed E-state index contributed by atoms with van der Waals surface area (Å²) in [5, 5.41) is 11.0. The monoisotopic (exact) mass is 312 g/mol. The maximum atomic E-state index is 6.04. The van der Waals surface area contributed by atoms with E-state index in [4.69, 9.17) is 11.6 Å². The van der Waals surface area contributed by atoms with Gasteiger partial charge in [0.15, 0.2) is 5.82 Å². The van der Waals surface area contributed by atoms with Crippen LogP contribution in [0.5, 0.6) is 0 Å². The topological polar surface area (TPSA) is 53.6 Å². The zero-order valence-corrected chi connectivity index (χ0v) is 13.1. The zero-order valence-electron chi connectivity index (χ0n) is 12.3. The van der Waals surface area contributed by atoms with Gasteiger partial charge in [-0.05, 0) is 35.7 Å². The molecule has 0 spiro atoms. The fraction of sp³-hybridized carbons (Fsp3) is 0.176. The maximum absolute atomic E-state index is 6.04. The van der Waals surface area contributed by atoms with E-state index < -0.39 is 0 Å². The van der Waals surface area contributed by atoms with E-state index in [0.29, 0.717) is 0 Å². The molecular formula is C17H17ClN4. The van der Waals surface area contributed by atoms with Gasteiger partial charge in [-0.15, -0.1) is 0 Å². The van der Waals surface area contributed by atoms with Crippen molar-refractivity contribution in [2.24, 2.45) is 0 Å². The molecule has 0 radical (unpaired) electrons. The van der Waals surface area contributed by atoms with Crippen LogP contribution in [0.1, 0.15) is 16.7 Å². The molecule has 1 heterocycles. The highest BCUT2D eigenvalue weighted by Gasteiger charge is 2.02. The van der Waals surface area contributed by atoms with Crippen molar-refractivity contribution in [1.82, 2.24) is 20.5 Å². The van der Waals surface area contributed by atoms with Crippen molar-refractivity contribution >= 4 is 11.6 Å². The Hall–Kier alpha value is -2.17. The summed E-state index contributed by atoms with van der Waals surface area (Å²) in [4.78, 5) is 4.17. The molecule has 0 atom stereocenters. The van der Waals surface area contributed by atoms with Gasteiger partial charge in [-0.1, -0.05) is 41.9 Å². The molecule has 2 N–H and O–H groups in total. The summed E-state index contributed by atoms with van der Waals surface area (Å²) >= 11 is 6.04. The number of halogens is 1. The van der Waals surface area contributed by atoms with Gasteiger partial charge in [-0.2, -0.15) is 5.10 Å². The summed E-state index contributed by atoms with van der Waals surface area (Å²) in [6, 6.07) is 14.4. The summed E-state index contributed by atoms with van der Waals surface area (Å²) < 4.78 is 0. The third-order valence-corrected chi connectivity index (χ3v) is 3.92. The lowest BCUT2D eigenvalue weighted by Crippen LogP contribution is -2.12. The second-order valence-electron chi connectivity index (χ2n) is 5.22. The second-order valence-corrected chi connectivity index (χ2v) is 5.63. The van der Waals surface area contributed by atoms with E-state index in [1.807, 2.05) is 31.2 Å². The average molecular weight is 313 g/mol. The SMILES string of the molecule is Cc1cc(CNCc2cccc(-c3ncn[nH]3)c2)ccc1Cl. The van der Waals surface area contributed by atoms with E-state index in [-0.39, 0.29) is 0 Å². The van der Waals surface area contributed by atoms with Gasteiger partial charge in [0.1, 0.15) is 6.33 Å². The number of benzene rings is 2. The third-order valence-electron chi connectivity index (χ3n) is 3.50. The molecule has 0 aliphatic carbocycles. The van der Waals surface area contributed by atoms with Gasteiger partial charge < -0.3 is 5.32 Å². The zero-order chi connectivity index (χ0) is 15.4. The summed E-state index contributed by atoms with van der Waals surface area (Å²) in [5.74, 6) is 0.787. The molecule has 0 saturated heterocycles. The van der Waals surface area contributed by atoms with E-state index in [2.05, 4.69) is 38.7 Å². The molecule has 0 aliphatic rings. The molecule has 112 valence electrons. The summed E-state index contributed by atoms with van der Waals surface area (Å²) in [7, 11) is 0. The molecule has 0 fully saturated rings. The van der Waals surface area contributed by atoms with Crippen LogP contribution in [0, 0.1) is 6.92 Å². The van der Waals surface area contributed by atoms with Crippen molar-refractivity contribution in [3.05, 3.63) is 70.5 Å². The van der Waals surface area contributed by atoms with Crippen molar-refractivity contribution in [2.75, 3.05) is 0 Å². The van der Waals surface area contributed by atoms with Gasteiger partial charge in [0.05, 0.1) is 0 Å². The summed E-state index contributed by atoms with van der Waals surface area (Å²) in [5.41, 5.74) is 4.58. The Balaban J connectivity index is 1.62. The van der Waals surface area contributed by atoms with Crippen LogP contribution in [0.2, 0.25) is 5.02 Å². The maximum Gasteiger partial charge on any atom is 0.155 e. The molecule has 0 amide bonds. The molecule has 4 nitrogen and oxygen atoms in total. The predicted octanol–water partition coefficient (Wildman–Crippen LogP) is 3.72. The van der Waals surface area contributed by atoms with Crippen LogP contribution in [0.4, 0.5) is 0 Å². The lowest BCUT2D eigenvalue weighted by molar-refractivity contribution is 0.693. The molecule has 5 heteroatoms. The fourth-order valence-electron chi connectivity index (χ4n) is 2.34. The number of hydrogen-bond donors (Lipinski definition) is 2. The van der Waals surface area contributed by atoms with Crippen LogP contribution in [0.15, 0.2) is 48.8 Å². The number of aryl methyl sites for hydroxylation is 1. The first-order chi connectivity index (χ1) is 10.7. The van der Waals surface area contributed by atoms with Crippen LogP contribution in [0.25, 0.3) is 11.4 Å². The lowest BCUT2D eigenvalue weighted by Gasteiger charge is -2.08. The van der Waals surface area contributed by atoms with E-state index >= 15 is 0 Å². The Labute approximate surface area is 134 Å². The lowest BCUT2D eigenvalue weighted by atomic mass is 10.1. The second kappa shape index (κ2) is 6.73. The number of aromatic amines is 1. The predicted molar refractivity (Wildman–Crippen MR) is 88.6 cm³/mol. The van der Waals surface area contributed by atoms with E-state index in [1.54, 1.807) is 0 Å². The highest BCUT2D eigenvalue weighted by atomic mass is 35.5. The molecule has 22 heavy (non-hydrogen) atoms. The Morgan fingerprint density at radius 2 is 1.91 bits per heavy atom. The molecule has 0 saturated carbocycles. The average Bonchev–Trinajstić information content (AvgIpc) is 3.06. The fourth-order valence-corrected chi connectivity index (χ4v) is 2.46. The smallest absolute Gasteiger partial charge is 0.155 e. The van der Waals surface area contributed by atoms with E-state index in [1.165, 1.54) is 17.5 Å². The first kappa shape index (κ1) is 14.8. The van der Waals surface area contributed by atoms with E-state index in [0.717, 1.165) is 35.1 Å². The van der Waals surface area contributed by atoms with Crippen LogP contribution in [-0.4, -0.2) is 15.2 Å². The van der Waals surface area contributed by atoms with E-state index in [9.17, 15) is 0 Å². The van der Waals surface area contributed by atoms with Gasteiger partial charge in [-0.25, -0.2) is 4.98 Å². The van der Waals surface area contributed by atoms with Gasteiger partial charge in [0.25, 0.3) is 0 Å². The van der Waals surface area contributed by atoms with Gasteiger partial charge >= 0.3 is 0 Å². The molecule has 2 aromatic carbocycles. The molecule has 0 aliphatic heterocycles. The number of hydrogen-bond acceptors (Lipinski definition) is 3. The largest absolute Gasteiger partial charge is 0.309 e. The van der Waals surface area contributed by atoms with Crippen molar-refractivity contribution in [3.8, 4) is 11.4 Å². The number of rotatable bonds is 5. The third kappa shape index (κ3) is 3.53. The van der Waals surface area contributed by atoms with Crippen molar-refractivity contribution in [2.45, 2.75) is 20.0 Å². The van der Waals surface area contributed by atoms with Crippen LogP contribution >= 0.6 is 11.6 Å². The standard InChI is InChI=1S/C17H17ClN4/c1-12-7-14(5-6-16(12)18)10-19-9-13-3-2-4-15(8-13)17-20-11-21-22-17/h2-8,11,19H,9-10H2,1H3,(H,20,21,22). The van der Waals surface area contributed by atoms with Crippen molar-refractivity contribution in [3.63, 3.8) is 0 Å². The quantitative estimate of drug-likeness (QED) is 0.755. The molecule has 3 aromatic rings. The normalized spacial score (nSPS) is 10.8. The van der Waals surface area contributed by atoms with Crippen LogP contribution < -0.4 is 5.32 Å². The minimum Gasteiger partial charge on any atom is -0.309 e. The van der Waals surface area contributed by atoms with Gasteiger partial charge in [0.2, 0.25) is 0 Å². The first-order valence-electron chi connectivity index (χ1n) is 7.13. The molecular weight excluding hydrogens is 296 g/mol. The van der Waals surface area contributed by atoms with Crippen LogP contribution in [0.3, 0.4) is 0 Å². The minimum absolute atomic E-state index is 0.787. The Morgan fingerprint density at radius 3 is 2.64 bits per heavy atom. The summed E-state index contributed by atoms with van der Waals surface area (Å²) in [6.45, 7) is 3.63. The Bertz CT molecular complexity index is 753. The highest BCUT2D eigenvalue weighted by molar-refractivity contribution is 6.31. The number of nitrogens with zero attached hydrogens (tertiary/aromatic N) is 2. The Kier molecular flexibility index (Phi) is 4.51. The molecule has 0 bridgehead atoms. The first-order valence-corrected chi connectivity index (χ1v) is 7.50. The number of aromatic nitrogens is 3. The molecule has 1 aromatic heterocycles. The minimum atomic E-state index is 0.787. The van der Waals surface area contributed by atoms with Crippen molar-refractivity contribution < 1.29 is 0 Å². The molecule has 3 rings (SSSR count). The highest BCUT2D eigenvalue weighted by Crippen LogP contribution is 2.17. The summed E-state index contributed by atoms with van der Waals surface area (Å²) in [6.07, 6.45) is 1.52. The van der Waals surface area contributed by atoms with Gasteiger partial charge in [-0.3, -0.25) is 5.10 Å². The number of nitrogens with one attached hydrogen (secondary N) is 2. The van der Waals surface area contributed by atoms with Crippen LogP contribution in [-0.2, 0) is 13.1 Å². The molecule has 0 unspecified atom stereocenters.